The van der Waals surface area contributed by atoms with Crippen LogP contribution in [0, 0.1) is 6.92 Å². The number of hydrogen-bond acceptors (Lipinski definition) is 5. The lowest BCUT2D eigenvalue weighted by molar-refractivity contribution is -0.118. The van der Waals surface area contributed by atoms with Crippen molar-refractivity contribution in [3.05, 3.63) is 58.4 Å². The molecule has 1 N–H and O–H groups in total. The van der Waals surface area contributed by atoms with Gasteiger partial charge in [0.05, 0.1) is 12.8 Å². The Bertz CT molecular complexity index is 892. The number of carbonyl (C=O) groups is 1. The first-order chi connectivity index (χ1) is 12.5. The third-order valence-corrected chi connectivity index (χ3v) is 4.73. The van der Waals surface area contributed by atoms with Gasteiger partial charge in [0.25, 0.3) is 5.91 Å². The van der Waals surface area contributed by atoms with E-state index in [0.29, 0.717) is 15.9 Å². The molecule has 0 aliphatic heterocycles. The quantitative estimate of drug-likeness (QED) is 0.659. The molecule has 134 valence electrons. The van der Waals surface area contributed by atoms with Crippen molar-refractivity contribution in [3.8, 4) is 22.8 Å². The zero-order chi connectivity index (χ0) is 18.5. The molecule has 3 rings (SSSR count). The highest BCUT2D eigenvalue weighted by molar-refractivity contribution is 7.16. The van der Waals surface area contributed by atoms with Crippen molar-refractivity contribution in [2.45, 2.75) is 6.92 Å². The van der Waals surface area contributed by atoms with Crippen LogP contribution < -0.4 is 14.8 Å². The summed E-state index contributed by atoms with van der Waals surface area (Å²) in [5.74, 6) is 1.10. The molecule has 3 aromatic rings. The number of nitrogens with zero attached hydrogens (tertiary/aromatic N) is 1. The highest BCUT2D eigenvalue weighted by Gasteiger charge is 2.12. The van der Waals surface area contributed by atoms with E-state index in [9.17, 15) is 4.79 Å². The van der Waals surface area contributed by atoms with Gasteiger partial charge in [-0.1, -0.05) is 11.6 Å². The van der Waals surface area contributed by atoms with Gasteiger partial charge in [-0.05, 0) is 55.5 Å². The minimum Gasteiger partial charge on any atom is -0.497 e. The molecule has 1 amide bonds. The number of halogens is 1. The van der Waals surface area contributed by atoms with Crippen LogP contribution in [0.1, 0.15) is 4.88 Å². The maximum absolute atomic E-state index is 12.1. The van der Waals surface area contributed by atoms with E-state index in [1.54, 1.807) is 31.4 Å². The Hall–Kier alpha value is -2.57. The lowest BCUT2D eigenvalue weighted by Crippen LogP contribution is -2.20. The number of anilines is 1. The van der Waals surface area contributed by atoms with E-state index in [-0.39, 0.29) is 12.5 Å². The van der Waals surface area contributed by atoms with Gasteiger partial charge in [0.2, 0.25) is 0 Å². The van der Waals surface area contributed by atoms with Gasteiger partial charge in [0, 0.05) is 15.5 Å². The molecule has 0 radical (unpaired) electrons. The average Bonchev–Trinajstić information content (AvgIpc) is 3.01. The third-order valence-electron chi connectivity index (χ3n) is 3.59. The number of benzene rings is 2. The first kappa shape index (κ1) is 18.2. The summed E-state index contributed by atoms with van der Waals surface area (Å²) in [7, 11) is 1.63. The topological polar surface area (TPSA) is 60.5 Å². The second-order valence-electron chi connectivity index (χ2n) is 5.44. The van der Waals surface area contributed by atoms with E-state index in [2.05, 4.69) is 10.3 Å². The van der Waals surface area contributed by atoms with Crippen LogP contribution in [0.3, 0.4) is 0 Å². The number of carbonyl (C=O) groups excluding carboxylic acids is 1. The van der Waals surface area contributed by atoms with E-state index in [1.807, 2.05) is 31.2 Å². The summed E-state index contributed by atoms with van der Waals surface area (Å²) in [4.78, 5) is 17.6. The number of ether oxygens (including phenoxy) is 2. The number of rotatable bonds is 6. The van der Waals surface area contributed by atoms with Crippen LogP contribution in [0.5, 0.6) is 11.5 Å². The summed E-state index contributed by atoms with van der Waals surface area (Å²) in [5.41, 5.74) is 1.81. The number of thiazole rings is 1. The first-order valence-electron chi connectivity index (χ1n) is 7.85. The molecule has 0 aliphatic rings. The molecule has 7 heteroatoms. The largest absolute Gasteiger partial charge is 0.497 e. The predicted molar refractivity (Wildman–Crippen MR) is 104 cm³/mol. The van der Waals surface area contributed by atoms with Gasteiger partial charge >= 0.3 is 0 Å². The summed E-state index contributed by atoms with van der Waals surface area (Å²) >= 11 is 7.24. The van der Waals surface area contributed by atoms with E-state index < -0.39 is 0 Å². The molecule has 0 unspecified atom stereocenters. The molecule has 0 atom stereocenters. The van der Waals surface area contributed by atoms with Crippen LogP contribution in [0.15, 0.2) is 48.5 Å². The van der Waals surface area contributed by atoms with Crippen LogP contribution in [-0.2, 0) is 4.79 Å². The minimum atomic E-state index is -0.269. The molecule has 2 aromatic carbocycles. The van der Waals surface area contributed by atoms with Crippen LogP contribution in [0.4, 0.5) is 5.13 Å². The second kappa shape index (κ2) is 8.21. The smallest absolute Gasteiger partial charge is 0.264 e. The second-order valence-corrected chi connectivity index (χ2v) is 7.08. The molecule has 0 spiro atoms. The van der Waals surface area contributed by atoms with E-state index in [0.717, 1.165) is 21.9 Å². The minimum absolute atomic E-state index is 0.0991. The molecule has 26 heavy (non-hydrogen) atoms. The maximum atomic E-state index is 12.1. The molecular formula is C19H17ClN2O3S. The fraction of sp³-hybridized carbons (Fsp3) is 0.158. The number of nitrogens with one attached hydrogen (secondary N) is 1. The van der Waals surface area contributed by atoms with Crippen molar-refractivity contribution < 1.29 is 14.3 Å². The maximum Gasteiger partial charge on any atom is 0.264 e. The normalized spacial score (nSPS) is 10.4. The summed E-state index contributed by atoms with van der Waals surface area (Å²) in [6, 6.07) is 14.5. The Kier molecular flexibility index (Phi) is 5.75. The Balaban J connectivity index is 1.62. The molecule has 0 saturated carbocycles. The van der Waals surface area contributed by atoms with Crippen LogP contribution >= 0.6 is 22.9 Å². The Morgan fingerprint density at radius 3 is 2.42 bits per heavy atom. The zero-order valence-electron chi connectivity index (χ0n) is 14.3. The number of aryl methyl sites for hydroxylation is 1. The SMILES string of the molecule is COc1ccc(-c2nc(NC(=O)COc3ccc(Cl)cc3)sc2C)cc1. The van der Waals surface area contributed by atoms with Gasteiger partial charge in [0.15, 0.2) is 11.7 Å². The van der Waals surface area contributed by atoms with E-state index in [4.69, 9.17) is 21.1 Å². The molecule has 1 heterocycles. The Morgan fingerprint density at radius 1 is 1.12 bits per heavy atom. The Morgan fingerprint density at radius 2 is 1.77 bits per heavy atom. The molecular weight excluding hydrogens is 372 g/mol. The van der Waals surface area contributed by atoms with Crippen molar-refractivity contribution in [2.24, 2.45) is 0 Å². The van der Waals surface area contributed by atoms with Gasteiger partial charge in [0.1, 0.15) is 11.5 Å². The number of amides is 1. The molecule has 0 fully saturated rings. The summed E-state index contributed by atoms with van der Waals surface area (Å²) in [5, 5.41) is 3.93. The van der Waals surface area contributed by atoms with Gasteiger partial charge in [-0.3, -0.25) is 10.1 Å². The van der Waals surface area contributed by atoms with Crippen molar-refractivity contribution >= 4 is 34.0 Å². The molecule has 1 aromatic heterocycles. The lowest BCUT2D eigenvalue weighted by atomic mass is 10.1. The molecule has 0 aliphatic carbocycles. The predicted octanol–water partition coefficient (Wildman–Crippen LogP) is 4.80. The highest BCUT2D eigenvalue weighted by Crippen LogP contribution is 2.31. The van der Waals surface area contributed by atoms with Crippen molar-refractivity contribution in [2.75, 3.05) is 19.0 Å². The summed E-state index contributed by atoms with van der Waals surface area (Å²) in [6.07, 6.45) is 0. The van der Waals surface area contributed by atoms with Crippen LogP contribution in [0.2, 0.25) is 5.02 Å². The number of aromatic nitrogens is 1. The van der Waals surface area contributed by atoms with E-state index in [1.165, 1.54) is 11.3 Å². The fourth-order valence-corrected chi connectivity index (χ4v) is 3.28. The van der Waals surface area contributed by atoms with Crippen molar-refractivity contribution in [1.82, 2.24) is 4.98 Å². The highest BCUT2D eigenvalue weighted by atomic mass is 35.5. The summed E-state index contributed by atoms with van der Waals surface area (Å²) < 4.78 is 10.6. The van der Waals surface area contributed by atoms with Gasteiger partial charge in [-0.2, -0.15) is 0 Å². The molecule has 0 bridgehead atoms. The molecule has 0 saturated heterocycles. The third kappa shape index (κ3) is 4.53. The number of hydrogen-bond donors (Lipinski definition) is 1. The van der Waals surface area contributed by atoms with Crippen molar-refractivity contribution in [1.29, 1.82) is 0 Å². The molecule has 5 nitrogen and oxygen atoms in total. The fourth-order valence-electron chi connectivity index (χ4n) is 2.30. The number of methoxy groups -OCH3 is 1. The van der Waals surface area contributed by atoms with Crippen LogP contribution in [0.25, 0.3) is 11.3 Å². The summed E-state index contributed by atoms with van der Waals surface area (Å²) in [6.45, 7) is 1.87. The van der Waals surface area contributed by atoms with E-state index >= 15 is 0 Å². The van der Waals surface area contributed by atoms with Crippen LogP contribution in [-0.4, -0.2) is 24.6 Å². The Labute approximate surface area is 160 Å². The standard InChI is InChI=1S/C19H17ClN2O3S/c1-12-18(13-3-7-15(24-2)8-4-13)22-19(26-12)21-17(23)11-25-16-9-5-14(20)6-10-16/h3-10H,11H2,1-2H3,(H,21,22,23). The average molecular weight is 389 g/mol. The van der Waals surface area contributed by atoms with Gasteiger partial charge in [-0.15, -0.1) is 11.3 Å². The first-order valence-corrected chi connectivity index (χ1v) is 9.04. The van der Waals surface area contributed by atoms with Gasteiger partial charge in [-0.25, -0.2) is 4.98 Å². The van der Waals surface area contributed by atoms with Crippen molar-refractivity contribution in [3.63, 3.8) is 0 Å². The lowest BCUT2D eigenvalue weighted by Gasteiger charge is -2.05. The zero-order valence-corrected chi connectivity index (χ0v) is 15.9. The van der Waals surface area contributed by atoms with Gasteiger partial charge < -0.3 is 9.47 Å². The monoisotopic (exact) mass is 388 g/mol.